The van der Waals surface area contributed by atoms with Gasteiger partial charge in [-0.1, -0.05) is 26.0 Å². The fourth-order valence-corrected chi connectivity index (χ4v) is 1.61. The van der Waals surface area contributed by atoms with Crippen LogP contribution in [0.1, 0.15) is 36.3 Å². The molecule has 0 fully saturated rings. The predicted molar refractivity (Wildman–Crippen MR) is 63.3 cm³/mol. The molecule has 3 nitrogen and oxygen atoms in total. The van der Waals surface area contributed by atoms with E-state index in [0.29, 0.717) is 17.2 Å². The molecule has 0 aliphatic heterocycles. The van der Waals surface area contributed by atoms with Crippen LogP contribution in [0.15, 0.2) is 18.2 Å². The Morgan fingerprint density at radius 2 is 2.06 bits per heavy atom. The van der Waals surface area contributed by atoms with Gasteiger partial charge in [-0.25, -0.2) is 0 Å². The summed E-state index contributed by atoms with van der Waals surface area (Å²) in [4.78, 5) is 10.8. The first-order valence-corrected chi connectivity index (χ1v) is 5.45. The Balaban J connectivity index is 3.16. The third kappa shape index (κ3) is 2.67. The van der Waals surface area contributed by atoms with Gasteiger partial charge in [0.2, 0.25) is 0 Å². The van der Waals surface area contributed by atoms with Gasteiger partial charge in [0.15, 0.2) is 5.38 Å². The highest BCUT2D eigenvalue weighted by molar-refractivity contribution is 6.29. The van der Waals surface area contributed by atoms with Crippen molar-refractivity contribution in [2.75, 3.05) is 7.11 Å². The Kier molecular flexibility index (Phi) is 4.19. The number of ether oxygens (including phenoxy) is 1. The monoisotopic (exact) mass is 242 g/mol. The number of hydrogen-bond donors (Lipinski definition) is 1. The molecule has 0 aromatic heterocycles. The van der Waals surface area contributed by atoms with Crippen molar-refractivity contribution in [1.29, 1.82) is 0 Å². The number of carboxylic acids is 1. The summed E-state index contributed by atoms with van der Waals surface area (Å²) >= 11 is 5.78. The summed E-state index contributed by atoms with van der Waals surface area (Å²) in [5.41, 5.74) is 1.58. The maximum absolute atomic E-state index is 10.8. The lowest BCUT2D eigenvalue weighted by atomic mass is 9.99. The van der Waals surface area contributed by atoms with Crippen molar-refractivity contribution in [3.8, 4) is 5.75 Å². The van der Waals surface area contributed by atoms with Crippen molar-refractivity contribution >= 4 is 17.6 Å². The van der Waals surface area contributed by atoms with Crippen molar-refractivity contribution < 1.29 is 14.6 Å². The summed E-state index contributed by atoms with van der Waals surface area (Å²) in [6, 6.07) is 5.42. The zero-order valence-electron chi connectivity index (χ0n) is 9.53. The van der Waals surface area contributed by atoms with Gasteiger partial charge >= 0.3 is 5.97 Å². The lowest BCUT2D eigenvalue weighted by Gasteiger charge is -2.14. The molecule has 1 unspecified atom stereocenters. The van der Waals surface area contributed by atoms with Gasteiger partial charge < -0.3 is 9.84 Å². The second-order valence-electron chi connectivity index (χ2n) is 3.86. The van der Waals surface area contributed by atoms with Gasteiger partial charge in [-0.2, -0.15) is 0 Å². The molecule has 16 heavy (non-hydrogen) atoms. The SMILES string of the molecule is COc1cc(C(C)C)ccc1C(Cl)C(=O)O. The van der Waals surface area contributed by atoms with Crippen molar-refractivity contribution in [3.63, 3.8) is 0 Å². The molecule has 0 aliphatic rings. The zero-order chi connectivity index (χ0) is 12.3. The summed E-state index contributed by atoms with van der Waals surface area (Å²) in [5, 5.41) is 7.77. The van der Waals surface area contributed by atoms with E-state index in [1.807, 2.05) is 12.1 Å². The molecular formula is C12H15ClO3. The number of benzene rings is 1. The fraction of sp³-hybridized carbons (Fsp3) is 0.417. The van der Waals surface area contributed by atoms with Crippen molar-refractivity contribution in [3.05, 3.63) is 29.3 Å². The lowest BCUT2D eigenvalue weighted by Crippen LogP contribution is -2.07. The number of rotatable bonds is 4. The molecule has 1 aromatic rings. The Bertz CT molecular complexity index is 388. The summed E-state index contributed by atoms with van der Waals surface area (Å²) in [6.45, 7) is 4.12. The van der Waals surface area contributed by atoms with Crippen LogP contribution in [0.3, 0.4) is 0 Å². The van der Waals surface area contributed by atoms with E-state index in [1.165, 1.54) is 7.11 Å². The van der Waals surface area contributed by atoms with Crippen LogP contribution in [0.5, 0.6) is 5.75 Å². The van der Waals surface area contributed by atoms with Crippen molar-refractivity contribution in [2.45, 2.75) is 25.1 Å². The second-order valence-corrected chi connectivity index (χ2v) is 4.29. The number of methoxy groups -OCH3 is 1. The average Bonchev–Trinajstić information content (AvgIpc) is 2.26. The highest BCUT2D eigenvalue weighted by atomic mass is 35.5. The number of carbonyl (C=O) groups is 1. The van der Waals surface area contributed by atoms with Crippen LogP contribution in [-0.4, -0.2) is 18.2 Å². The molecule has 0 radical (unpaired) electrons. The Morgan fingerprint density at radius 1 is 1.44 bits per heavy atom. The third-order valence-electron chi connectivity index (χ3n) is 2.41. The molecule has 88 valence electrons. The smallest absolute Gasteiger partial charge is 0.326 e. The average molecular weight is 243 g/mol. The highest BCUT2D eigenvalue weighted by Crippen LogP contribution is 2.32. The number of aliphatic carboxylic acids is 1. The van der Waals surface area contributed by atoms with Gasteiger partial charge in [-0.05, 0) is 17.5 Å². The first kappa shape index (κ1) is 12.8. The number of carboxylic acid groups (broad SMARTS) is 1. The fourth-order valence-electron chi connectivity index (χ4n) is 1.43. The number of halogens is 1. The van der Waals surface area contributed by atoms with E-state index in [9.17, 15) is 4.79 Å². The molecule has 1 aromatic carbocycles. The molecule has 4 heteroatoms. The highest BCUT2D eigenvalue weighted by Gasteiger charge is 2.20. The summed E-state index contributed by atoms with van der Waals surface area (Å²) < 4.78 is 5.16. The van der Waals surface area contributed by atoms with E-state index in [2.05, 4.69) is 13.8 Å². The summed E-state index contributed by atoms with van der Waals surface area (Å²) in [5.74, 6) is -0.188. The minimum atomic E-state index is -1.07. The van der Waals surface area contributed by atoms with E-state index in [0.717, 1.165) is 5.56 Å². The van der Waals surface area contributed by atoms with Crippen LogP contribution in [0.4, 0.5) is 0 Å². The molecule has 0 saturated heterocycles. The minimum Gasteiger partial charge on any atom is -0.496 e. The van der Waals surface area contributed by atoms with Crippen LogP contribution in [0, 0.1) is 0 Å². The normalized spacial score (nSPS) is 12.6. The van der Waals surface area contributed by atoms with E-state index in [-0.39, 0.29) is 0 Å². The molecule has 0 amide bonds. The first-order valence-electron chi connectivity index (χ1n) is 5.02. The van der Waals surface area contributed by atoms with Gasteiger partial charge in [0, 0.05) is 5.56 Å². The van der Waals surface area contributed by atoms with Crippen LogP contribution in [0.25, 0.3) is 0 Å². The molecule has 0 aliphatic carbocycles. The van der Waals surface area contributed by atoms with E-state index < -0.39 is 11.3 Å². The van der Waals surface area contributed by atoms with Gasteiger partial charge in [0.25, 0.3) is 0 Å². The topological polar surface area (TPSA) is 46.5 Å². The van der Waals surface area contributed by atoms with Gasteiger partial charge in [0.05, 0.1) is 7.11 Å². The standard InChI is InChI=1S/C12H15ClO3/c1-7(2)8-4-5-9(10(6-8)16-3)11(13)12(14)15/h4-7,11H,1-3H3,(H,14,15). The third-order valence-corrected chi connectivity index (χ3v) is 2.84. The molecule has 0 spiro atoms. The summed E-state index contributed by atoms with van der Waals surface area (Å²) in [6.07, 6.45) is 0. The first-order chi connectivity index (χ1) is 7.47. The van der Waals surface area contributed by atoms with E-state index in [1.54, 1.807) is 6.07 Å². The Morgan fingerprint density at radius 3 is 2.50 bits per heavy atom. The van der Waals surface area contributed by atoms with Gasteiger partial charge in [0.1, 0.15) is 5.75 Å². The Labute approximate surface area is 100.0 Å². The molecule has 0 bridgehead atoms. The molecule has 0 saturated carbocycles. The van der Waals surface area contributed by atoms with Crippen molar-refractivity contribution in [1.82, 2.24) is 0 Å². The van der Waals surface area contributed by atoms with Crippen LogP contribution in [-0.2, 0) is 4.79 Å². The molecular weight excluding hydrogens is 228 g/mol. The maximum Gasteiger partial charge on any atom is 0.326 e. The molecule has 0 heterocycles. The molecule has 1 atom stereocenters. The van der Waals surface area contributed by atoms with E-state index >= 15 is 0 Å². The van der Waals surface area contributed by atoms with Crippen LogP contribution < -0.4 is 4.74 Å². The zero-order valence-corrected chi connectivity index (χ0v) is 10.3. The number of alkyl halides is 1. The Hall–Kier alpha value is -1.22. The summed E-state index contributed by atoms with van der Waals surface area (Å²) in [7, 11) is 1.51. The minimum absolute atomic E-state index is 0.363. The largest absolute Gasteiger partial charge is 0.496 e. The van der Waals surface area contributed by atoms with E-state index in [4.69, 9.17) is 21.4 Å². The maximum atomic E-state index is 10.8. The van der Waals surface area contributed by atoms with Crippen LogP contribution >= 0.6 is 11.6 Å². The van der Waals surface area contributed by atoms with Crippen LogP contribution in [0.2, 0.25) is 0 Å². The quantitative estimate of drug-likeness (QED) is 0.825. The van der Waals surface area contributed by atoms with Gasteiger partial charge in [-0.3, -0.25) is 4.79 Å². The predicted octanol–water partition coefficient (Wildman–Crippen LogP) is 3.18. The molecule has 1 N–H and O–H groups in total. The second kappa shape index (κ2) is 5.21. The molecule has 1 rings (SSSR count). The number of hydrogen-bond acceptors (Lipinski definition) is 2. The van der Waals surface area contributed by atoms with Gasteiger partial charge in [-0.15, -0.1) is 11.6 Å². The van der Waals surface area contributed by atoms with Crippen molar-refractivity contribution in [2.24, 2.45) is 0 Å². The lowest BCUT2D eigenvalue weighted by molar-refractivity contribution is -0.136.